The fourth-order valence-electron chi connectivity index (χ4n) is 1.45. The van der Waals surface area contributed by atoms with Crippen LogP contribution in [0.25, 0.3) is 0 Å². The average Bonchev–Trinajstić information content (AvgIpc) is 2.03. The second-order valence-electron chi connectivity index (χ2n) is 3.48. The highest BCUT2D eigenvalue weighted by Gasteiger charge is 2.27. The largest absolute Gasteiger partial charge is 0.337 e. The third kappa shape index (κ3) is 2.51. The van der Waals surface area contributed by atoms with Gasteiger partial charge in [-0.2, -0.15) is 0 Å². The summed E-state index contributed by atoms with van der Waals surface area (Å²) in [5.74, 6) is 1.13. The number of hydrogen-bond donors (Lipinski definition) is 1. The fraction of sp³-hybridized carbons (Fsp3) is 0.875. The van der Waals surface area contributed by atoms with Crippen molar-refractivity contribution in [1.29, 1.82) is 0 Å². The molecule has 76 valence electrons. The summed E-state index contributed by atoms with van der Waals surface area (Å²) in [5, 5.41) is 0. The van der Waals surface area contributed by atoms with Gasteiger partial charge in [-0.05, 0) is 13.8 Å². The number of carbonyl (C=O) groups excluding carboxylic acids is 1. The van der Waals surface area contributed by atoms with E-state index in [4.69, 9.17) is 5.73 Å². The molecule has 5 heteroatoms. The highest BCUT2D eigenvalue weighted by Crippen LogP contribution is 2.09. The lowest BCUT2D eigenvalue weighted by molar-refractivity contribution is -0.133. The molecule has 1 saturated heterocycles. The van der Waals surface area contributed by atoms with Crippen LogP contribution in [0.15, 0.2) is 0 Å². The Labute approximate surface area is 80.9 Å². The predicted molar refractivity (Wildman–Crippen MR) is 52.7 cm³/mol. The summed E-state index contributed by atoms with van der Waals surface area (Å²) >= 11 is 0. The number of nitrogens with zero attached hydrogens (tertiary/aromatic N) is 1. The maximum atomic E-state index is 11.5. The van der Waals surface area contributed by atoms with Gasteiger partial charge in [0.15, 0.2) is 0 Å². The molecular weight excluding hydrogens is 188 g/mol. The maximum Gasteiger partial charge on any atom is 0.239 e. The Bertz CT molecular complexity index is 230. The van der Waals surface area contributed by atoms with Crippen LogP contribution < -0.4 is 5.73 Å². The standard InChI is InChI=1S/C8H16N2O2S/c1-6-5-13(12)4-3-10(6)8(11)7(2)9/h6-7H,3-5,9H2,1-2H3/t6?,7-,13?/m1/s1. The maximum absolute atomic E-state index is 11.5. The van der Waals surface area contributed by atoms with Gasteiger partial charge in [-0.15, -0.1) is 0 Å². The third-order valence-corrected chi connectivity index (χ3v) is 3.68. The van der Waals surface area contributed by atoms with Gasteiger partial charge in [0.05, 0.1) is 6.04 Å². The van der Waals surface area contributed by atoms with E-state index in [-0.39, 0.29) is 11.9 Å². The van der Waals surface area contributed by atoms with Crippen LogP contribution in [0.4, 0.5) is 0 Å². The fourth-order valence-corrected chi connectivity index (χ4v) is 2.74. The van der Waals surface area contributed by atoms with E-state index in [0.717, 1.165) is 0 Å². The van der Waals surface area contributed by atoms with Gasteiger partial charge < -0.3 is 10.6 Å². The molecule has 0 aromatic rings. The Kier molecular flexibility index (Phi) is 3.44. The summed E-state index contributed by atoms with van der Waals surface area (Å²) in [5.41, 5.74) is 5.50. The molecule has 1 aliphatic rings. The molecular formula is C8H16N2O2S. The van der Waals surface area contributed by atoms with Crippen molar-refractivity contribution in [2.45, 2.75) is 25.9 Å². The first kappa shape index (κ1) is 10.7. The van der Waals surface area contributed by atoms with Crippen molar-refractivity contribution in [1.82, 2.24) is 4.90 Å². The molecule has 1 amide bonds. The van der Waals surface area contributed by atoms with E-state index in [1.807, 2.05) is 6.92 Å². The van der Waals surface area contributed by atoms with Crippen molar-refractivity contribution >= 4 is 16.7 Å². The first-order valence-electron chi connectivity index (χ1n) is 4.43. The van der Waals surface area contributed by atoms with E-state index in [9.17, 15) is 9.00 Å². The van der Waals surface area contributed by atoms with Crippen molar-refractivity contribution in [3.63, 3.8) is 0 Å². The Morgan fingerprint density at radius 3 is 2.77 bits per heavy atom. The van der Waals surface area contributed by atoms with E-state index in [1.165, 1.54) is 0 Å². The van der Waals surface area contributed by atoms with Gasteiger partial charge >= 0.3 is 0 Å². The zero-order chi connectivity index (χ0) is 10.0. The first-order chi connectivity index (χ1) is 6.02. The van der Waals surface area contributed by atoms with Crippen molar-refractivity contribution in [2.24, 2.45) is 5.73 Å². The van der Waals surface area contributed by atoms with Gasteiger partial charge in [0, 0.05) is 34.9 Å². The van der Waals surface area contributed by atoms with Crippen molar-refractivity contribution < 1.29 is 9.00 Å². The number of carbonyl (C=O) groups is 1. The number of amides is 1. The van der Waals surface area contributed by atoms with E-state index >= 15 is 0 Å². The second kappa shape index (κ2) is 4.19. The molecule has 1 heterocycles. The quantitative estimate of drug-likeness (QED) is 0.615. The second-order valence-corrected chi connectivity index (χ2v) is 5.10. The average molecular weight is 204 g/mol. The SMILES string of the molecule is CC1CS(=O)CCN1C(=O)[C@@H](C)N. The van der Waals surface area contributed by atoms with Gasteiger partial charge in [-0.25, -0.2) is 0 Å². The molecule has 1 aliphatic heterocycles. The minimum absolute atomic E-state index is 0.0378. The molecule has 4 nitrogen and oxygen atoms in total. The Morgan fingerprint density at radius 2 is 2.31 bits per heavy atom. The lowest BCUT2D eigenvalue weighted by atomic mass is 10.2. The van der Waals surface area contributed by atoms with E-state index in [1.54, 1.807) is 11.8 Å². The zero-order valence-electron chi connectivity index (χ0n) is 8.03. The topological polar surface area (TPSA) is 63.4 Å². The van der Waals surface area contributed by atoms with Crippen LogP contribution >= 0.6 is 0 Å². The lowest BCUT2D eigenvalue weighted by Gasteiger charge is -2.33. The van der Waals surface area contributed by atoms with Crippen LogP contribution in [0.1, 0.15) is 13.8 Å². The Hall–Kier alpha value is -0.420. The summed E-state index contributed by atoms with van der Waals surface area (Å²) in [7, 11) is -0.755. The molecule has 0 aromatic heterocycles. The van der Waals surface area contributed by atoms with Crippen molar-refractivity contribution in [3.05, 3.63) is 0 Å². The normalized spacial score (nSPS) is 31.5. The molecule has 1 fully saturated rings. The first-order valence-corrected chi connectivity index (χ1v) is 5.92. The summed E-state index contributed by atoms with van der Waals surface area (Å²) in [6.45, 7) is 4.17. The van der Waals surface area contributed by atoms with Gasteiger partial charge in [-0.3, -0.25) is 9.00 Å². The number of hydrogen-bond acceptors (Lipinski definition) is 3. The van der Waals surface area contributed by atoms with E-state index in [0.29, 0.717) is 18.1 Å². The Morgan fingerprint density at radius 1 is 1.69 bits per heavy atom. The highest BCUT2D eigenvalue weighted by molar-refractivity contribution is 7.85. The van der Waals surface area contributed by atoms with Crippen LogP contribution in [0.3, 0.4) is 0 Å². The van der Waals surface area contributed by atoms with Crippen LogP contribution in [0.2, 0.25) is 0 Å². The number of nitrogens with two attached hydrogens (primary N) is 1. The van der Waals surface area contributed by atoms with Crippen LogP contribution in [-0.2, 0) is 15.6 Å². The molecule has 0 saturated carbocycles. The number of rotatable bonds is 1. The minimum atomic E-state index is -0.755. The van der Waals surface area contributed by atoms with Gasteiger partial charge in [0.2, 0.25) is 5.91 Å². The summed E-state index contributed by atoms with van der Waals surface area (Å²) < 4.78 is 11.2. The molecule has 2 N–H and O–H groups in total. The molecule has 0 aromatic carbocycles. The molecule has 3 atom stereocenters. The Balaban J connectivity index is 2.61. The molecule has 0 radical (unpaired) electrons. The molecule has 0 aliphatic carbocycles. The molecule has 0 spiro atoms. The van der Waals surface area contributed by atoms with Gasteiger partial charge in [0.25, 0.3) is 0 Å². The minimum Gasteiger partial charge on any atom is -0.337 e. The molecule has 1 rings (SSSR count). The third-order valence-electron chi connectivity index (χ3n) is 2.19. The summed E-state index contributed by atoms with van der Waals surface area (Å²) in [6.07, 6.45) is 0. The van der Waals surface area contributed by atoms with Crippen LogP contribution in [0.5, 0.6) is 0 Å². The smallest absolute Gasteiger partial charge is 0.239 e. The summed E-state index contributed by atoms with van der Waals surface area (Å²) in [4.78, 5) is 13.2. The van der Waals surface area contributed by atoms with Crippen molar-refractivity contribution in [3.8, 4) is 0 Å². The lowest BCUT2D eigenvalue weighted by Crippen LogP contribution is -2.52. The molecule has 2 unspecified atom stereocenters. The molecule has 0 bridgehead atoms. The van der Waals surface area contributed by atoms with Crippen LogP contribution in [-0.4, -0.2) is 45.2 Å². The summed E-state index contributed by atoms with van der Waals surface area (Å²) in [6, 6.07) is -0.387. The molecule has 13 heavy (non-hydrogen) atoms. The zero-order valence-corrected chi connectivity index (χ0v) is 8.84. The van der Waals surface area contributed by atoms with Gasteiger partial charge in [0.1, 0.15) is 0 Å². The van der Waals surface area contributed by atoms with E-state index in [2.05, 4.69) is 0 Å². The monoisotopic (exact) mass is 204 g/mol. The van der Waals surface area contributed by atoms with Crippen LogP contribution in [0, 0.1) is 0 Å². The van der Waals surface area contributed by atoms with Gasteiger partial charge in [-0.1, -0.05) is 0 Å². The highest BCUT2D eigenvalue weighted by atomic mass is 32.2. The van der Waals surface area contributed by atoms with Crippen molar-refractivity contribution in [2.75, 3.05) is 18.1 Å². The predicted octanol–water partition coefficient (Wildman–Crippen LogP) is -0.687. The van der Waals surface area contributed by atoms with E-state index < -0.39 is 16.8 Å².